The Morgan fingerprint density at radius 3 is 2.52 bits per heavy atom. The fourth-order valence-electron chi connectivity index (χ4n) is 3.26. The van der Waals surface area contributed by atoms with Crippen molar-refractivity contribution < 1.29 is 24.0 Å². The highest BCUT2D eigenvalue weighted by atomic mass is 16.6. The Hall–Kier alpha value is -3.03. The van der Waals surface area contributed by atoms with Gasteiger partial charge in [-0.05, 0) is 20.3 Å². The lowest BCUT2D eigenvalue weighted by Gasteiger charge is -2.31. The maximum atomic E-state index is 12.7. The van der Waals surface area contributed by atoms with E-state index in [1.54, 1.807) is 19.9 Å². The second-order valence-corrected chi connectivity index (χ2v) is 6.18. The van der Waals surface area contributed by atoms with E-state index < -0.39 is 28.7 Å². The summed E-state index contributed by atoms with van der Waals surface area (Å²) in [6.07, 6.45) is 0.622. The molecule has 0 radical (unpaired) electrons. The largest absolute Gasteiger partial charge is 0.468 e. The summed E-state index contributed by atoms with van der Waals surface area (Å²) < 4.78 is 10.2. The monoisotopic (exact) mass is 374 g/mol. The van der Waals surface area contributed by atoms with Gasteiger partial charge < -0.3 is 9.47 Å². The molecule has 1 heterocycles. The minimum Gasteiger partial charge on any atom is -0.468 e. The van der Waals surface area contributed by atoms with E-state index in [1.807, 2.05) is 6.92 Å². The molecule has 0 aliphatic carbocycles. The first-order chi connectivity index (χ1) is 12.8. The van der Waals surface area contributed by atoms with Gasteiger partial charge in [0.25, 0.3) is 5.69 Å². The second kappa shape index (κ2) is 8.57. The molecule has 0 bridgehead atoms. The Balaban J connectivity index is 2.71. The Kier molecular flexibility index (Phi) is 6.44. The van der Waals surface area contributed by atoms with E-state index in [1.165, 1.54) is 25.3 Å². The summed E-state index contributed by atoms with van der Waals surface area (Å²) >= 11 is 0. The van der Waals surface area contributed by atoms with Crippen LogP contribution in [0, 0.1) is 16.0 Å². The van der Waals surface area contributed by atoms with Crippen LogP contribution in [0.3, 0.4) is 0 Å². The second-order valence-electron chi connectivity index (χ2n) is 6.18. The third-order valence-electron chi connectivity index (χ3n) is 4.41. The van der Waals surface area contributed by atoms with Crippen LogP contribution >= 0.6 is 0 Å². The molecular formula is C19H22N2O6. The van der Waals surface area contributed by atoms with E-state index >= 15 is 0 Å². The number of rotatable bonds is 6. The molecule has 0 saturated carbocycles. The molecule has 144 valence electrons. The van der Waals surface area contributed by atoms with E-state index in [0.717, 1.165) is 0 Å². The van der Waals surface area contributed by atoms with Crippen molar-refractivity contribution in [2.24, 2.45) is 10.9 Å². The van der Waals surface area contributed by atoms with Crippen LogP contribution in [-0.2, 0) is 19.1 Å². The number of benzene rings is 1. The van der Waals surface area contributed by atoms with Crippen molar-refractivity contribution in [1.82, 2.24) is 0 Å². The number of methoxy groups -OCH3 is 1. The number of para-hydroxylation sites is 1. The van der Waals surface area contributed by atoms with Crippen LogP contribution in [0.5, 0.6) is 0 Å². The van der Waals surface area contributed by atoms with Gasteiger partial charge in [-0.1, -0.05) is 25.1 Å². The lowest BCUT2D eigenvalue weighted by molar-refractivity contribution is -0.385. The summed E-state index contributed by atoms with van der Waals surface area (Å²) in [6, 6.07) is 6.04. The average molecular weight is 374 g/mol. The molecule has 8 nitrogen and oxygen atoms in total. The number of aliphatic imine (C=N–C) groups is 1. The van der Waals surface area contributed by atoms with Gasteiger partial charge in [0.1, 0.15) is 5.92 Å². The third kappa shape index (κ3) is 4.05. The standard InChI is InChI=1S/C19H22N2O6/c1-5-10-27-19(23)16-12(3)20-11(2)15(18(22)26-4)17(16)13-8-6-7-9-14(13)21(24)25/h6-9,15,17H,5,10H2,1-4H3. The van der Waals surface area contributed by atoms with Crippen molar-refractivity contribution in [2.45, 2.75) is 33.1 Å². The number of nitro benzene ring substituents is 1. The summed E-state index contributed by atoms with van der Waals surface area (Å²) in [7, 11) is 1.23. The van der Waals surface area contributed by atoms with E-state index in [9.17, 15) is 19.7 Å². The Morgan fingerprint density at radius 1 is 1.26 bits per heavy atom. The van der Waals surface area contributed by atoms with Crippen LogP contribution < -0.4 is 0 Å². The molecule has 2 atom stereocenters. The first-order valence-electron chi connectivity index (χ1n) is 8.57. The molecule has 0 fully saturated rings. The number of ether oxygens (including phenoxy) is 2. The maximum absolute atomic E-state index is 12.7. The summed E-state index contributed by atoms with van der Waals surface area (Å²) in [5, 5.41) is 11.5. The number of esters is 2. The number of nitrogens with zero attached hydrogens (tertiary/aromatic N) is 2. The molecule has 2 rings (SSSR count). The van der Waals surface area contributed by atoms with Crippen LogP contribution in [-0.4, -0.2) is 36.3 Å². The van der Waals surface area contributed by atoms with E-state index in [-0.39, 0.29) is 23.4 Å². The normalized spacial score (nSPS) is 19.3. The molecule has 27 heavy (non-hydrogen) atoms. The SMILES string of the molecule is CCCOC(=O)C1=C(C)N=C(C)C(C(=O)OC)C1c1ccccc1[N+](=O)[O-]. The summed E-state index contributed by atoms with van der Waals surface area (Å²) in [5.74, 6) is -3.12. The molecule has 0 aromatic heterocycles. The van der Waals surface area contributed by atoms with Crippen molar-refractivity contribution in [2.75, 3.05) is 13.7 Å². The van der Waals surface area contributed by atoms with E-state index in [2.05, 4.69) is 4.99 Å². The molecule has 1 aromatic carbocycles. The summed E-state index contributed by atoms with van der Waals surface area (Å²) in [4.78, 5) is 40.5. The van der Waals surface area contributed by atoms with Crippen LogP contribution in [0.2, 0.25) is 0 Å². The highest BCUT2D eigenvalue weighted by molar-refractivity contribution is 6.07. The van der Waals surface area contributed by atoms with Crippen molar-refractivity contribution in [3.8, 4) is 0 Å². The zero-order valence-corrected chi connectivity index (χ0v) is 15.7. The molecule has 0 saturated heterocycles. The fraction of sp³-hybridized carbons (Fsp3) is 0.421. The minimum atomic E-state index is -0.955. The van der Waals surface area contributed by atoms with Gasteiger partial charge in [0, 0.05) is 29.0 Å². The number of carbonyl (C=O) groups is 2. The first-order valence-corrected chi connectivity index (χ1v) is 8.57. The average Bonchev–Trinajstić information content (AvgIpc) is 2.64. The number of carbonyl (C=O) groups excluding carboxylic acids is 2. The molecule has 1 aliphatic rings. The maximum Gasteiger partial charge on any atom is 0.336 e. The summed E-state index contributed by atoms with van der Waals surface area (Å²) in [5.41, 5.74) is 1.000. The minimum absolute atomic E-state index is 0.138. The Labute approximate surface area is 157 Å². The number of allylic oxidation sites excluding steroid dienone is 1. The van der Waals surface area contributed by atoms with Crippen molar-refractivity contribution in [3.05, 3.63) is 51.2 Å². The predicted molar refractivity (Wildman–Crippen MR) is 98.4 cm³/mol. The van der Waals surface area contributed by atoms with Gasteiger partial charge in [0.05, 0.1) is 24.2 Å². The van der Waals surface area contributed by atoms with Gasteiger partial charge in [0.15, 0.2) is 0 Å². The topological polar surface area (TPSA) is 108 Å². The van der Waals surface area contributed by atoms with Gasteiger partial charge in [-0.25, -0.2) is 4.79 Å². The number of hydrogen-bond acceptors (Lipinski definition) is 7. The highest BCUT2D eigenvalue weighted by Crippen LogP contribution is 2.43. The van der Waals surface area contributed by atoms with Gasteiger partial charge in [0.2, 0.25) is 0 Å². The quantitative estimate of drug-likeness (QED) is 0.430. The Bertz CT molecular complexity index is 827. The van der Waals surface area contributed by atoms with Gasteiger partial charge in [-0.2, -0.15) is 0 Å². The van der Waals surface area contributed by atoms with Gasteiger partial charge >= 0.3 is 11.9 Å². The molecule has 1 aromatic rings. The molecule has 8 heteroatoms. The van der Waals surface area contributed by atoms with Gasteiger partial charge in [-0.15, -0.1) is 0 Å². The van der Waals surface area contributed by atoms with Crippen LogP contribution in [0.4, 0.5) is 5.69 Å². The smallest absolute Gasteiger partial charge is 0.336 e. The van der Waals surface area contributed by atoms with Crippen molar-refractivity contribution in [1.29, 1.82) is 0 Å². The molecule has 0 amide bonds. The molecule has 0 spiro atoms. The zero-order valence-electron chi connectivity index (χ0n) is 15.7. The van der Waals surface area contributed by atoms with Gasteiger partial charge in [-0.3, -0.25) is 19.9 Å². The molecule has 1 aliphatic heterocycles. The van der Waals surface area contributed by atoms with Crippen molar-refractivity contribution in [3.63, 3.8) is 0 Å². The lowest BCUT2D eigenvalue weighted by Crippen LogP contribution is -2.36. The van der Waals surface area contributed by atoms with Crippen molar-refractivity contribution >= 4 is 23.3 Å². The van der Waals surface area contributed by atoms with Crippen LogP contribution in [0.25, 0.3) is 0 Å². The summed E-state index contributed by atoms with van der Waals surface area (Å²) in [6.45, 7) is 5.32. The van der Waals surface area contributed by atoms with E-state index in [0.29, 0.717) is 17.8 Å². The Morgan fingerprint density at radius 2 is 1.93 bits per heavy atom. The first kappa shape index (κ1) is 20.3. The number of nitro groups is 1. The van der Waals surface area contributed by atoms with E-state index in [4.69, 9.17) is 9.47 Å². The molecular weight excluding hydrogens is 352 g/mol. The molecule has 2 unspecified atom stereocenters. The fourth-order valence-corrected chi connectivity index (χ4v) is 3.26. The zero-order chi connectivity index (χ0) is 20.1. The third-order valence-corrected chi connectivity index (χ3v) is 4.41. The van der Waals surface area contributed by atoms with Crippen LogP contribution in [0.1, 0.15) is 38.7 Å². The number of hydrogen-bond donors (Lipinski definition) is 0. The lowest BCUT2D eigenvalue weighted by atomic mass is 9.75. The van der Waals surface area contributed by atoms with Crippen LogP contribution in [0.15, 0.2) is 40.5 Å². The highest BCUT2D eigenvalue weighted by Gasteiger charge is 2.44. The predicted octanol–water partition coefficient (Wildman–Crippen LogP) is 3.17. The molecule has 0 N–H and O–H groups in total.